The van der Waals surface area contributed by atoms with E-state index in [0.717, 1.165) is 18.8 Å². The predicted octanol–water partition coefficient (Wildman–Crippen LogP) is 3.00. The molecule has 0 N–H and O–H groups in total. The van der Waals surface area contributed by atoms with E-state index in [4.69, 9.17) is 4.74 Å². The summed E-state index contributed by atoms with van der Waals surface area (Å²) in [5.41, 5.74) is 3.49. The molecular formula is C16H27N3O2. The molecule has 5 heteroatoms. The number of pyridine rings is 1. The number of amides is 1. The fourth-order valence-corrected chi connectivity index (χ4v) is 2.31. The lowest BCUT2D eigenvalue weighted by atomic mass is 10.1. The van der Waals surface area contributed by atoms with Gasteiger partial charge in [-0.3, -0.25) is 4.98 Å². The smallest absolute Gasteiger partial charge is 0.409 e. The maximum atomic E-state index is 11.6. The van der Waals surface area contributed by atoms with E-state index >= 15 is 0 Å². The van der Waals surface area contributed by atoms with Crippen molar-refractivity contribution < 1.29 is 9.53 Å². The average molecular weight is 293 g/mol. The number of hydrogen-bond acceptors (Lipinski definition) is 4. The van der Waals surface area contributed by atoms with E-state index < -0.39 is 0 Å². The Morgan fingerprint density at radius 1 is 1.24 bits per heavy atom. The molecule has 0 radical (unpaired) electrons. The number of ether oxygens (including phenoxy) is 1. The SMILES string of the molecule is CC.CCOC(=O)N1CCN(c2ccnc(C)c2C)CC1. The van der Waals surface area contributed by atoms with Crippen LogP contribution in [-0.2, 0) is 4.74 Å². The Balaban J connectivity index is 0.00000106. The number of carbonyl (C=O) groups excluding carboxylic acids is 1. The van der Waals surface area contributed by atoms with Crippen LogP contribution in [0.25, 0.3) is 0 Å². The van der Waals surface area contributed by atoms with Crippen LogP contribution in [0.4, 0.5) is 10.5 Å². The average Bonchev–Trinajstić information content (AvgIpc) is 2.52. The van der Waals surface area contributed by atoms with Gasteiger partial charge in [0.15, 0.2) is 0 Å². The first-order valence-corrected chi connectivity index (χ1v) is 7.72. The van der Waals surface area contributed by atoms with Crippen LogP contribution in [0.5, 0.6) is 0 Å². The van der Waals surface area contributed by atoms with Crippen LogP contribution in [0.3, 0.4) is 0 Å². The Bertz CT molecular complexity index is 455. The molecule has 1 aromatic heterocycles. The van der Waals surface area contributed by atoms with Gasteiger partial charge >= 0.3 is 6.09 Å². The van der Waals surface area contributed by atoms with Gasteiger partial charge in [0.25, 0.3) is 0 Å². The molecule has 1 fully saturated rings. The Labute approximate surface area is 127 Å². The second kappa shape index (κ2) is 8.49. The van der Waals surface area contributed by atoms with Gasteiger partial charge in [-0.1, -0.05) is 13.8 Å². The van der Waals surface area contributed by atoms with E-state index in [0.29, 0.717) is 19.7 Å². The standard InChI is InChI=1S/C14H21N3O2.C2H6/c1-4-19-14(18)17-9-7-16(8-10-17)13-5-6-15-12(3)11(13)2;1-2/h5-6H,4,7-10H2,1-3H3;1-2H3. The molecule has 2 rings (SSSR count). The van der Waals surface area contributed by atoms with Crippen LogP contribution in [-0.4, -0.2) is 48.8 Å². The van der Waals surface area contributed by atoms with Crippen molar-refractivity contribution in [1.82, 2.24) is 9.88 Å². The minimum atomic E-state index is -0.204. The molecule has 0 saturated carbocycles. The Morgan fingerprint density at radius 2 is 1.86 bits per heavy atom. The zero-order chi connectivity index (χ0) is 15.8. The van der Waals surface area contributed by atoms with Gasteiger partial charge in [-0.25, -0.2) is 4.79 Å². The van der Waals surface area contributed by atoms with Crippen molar-refractivity contribution >= 4 is 11.8 Å². The summed E-state index contributed by atoms with van der Waals surface area (Å²) in [6, 6.07) is 2.04. The van der Waals surface area contributed by atoms with Gasteiger partial charge in [-0.15, -0.1) is 0 Å². The number of piperazine rings is 1. The van der Waals surface area contributed by atoms with E-state index in [9.17, 15) is 4.79 Å². The van der Waals surface area contributed by atoms with Crippen LogP contribution < -0.4 is 4.90 Å². The zero-order valence-electron chi connectivity index (χ0n) is 13.8. The molecule has 1 aromatic rings. The lowest BCUT2D eigenvalue weighted by Crippen LogP contribution is -2.49. The van der Waals surface area contributed by atoms with E-state index in [1.54, 1.807) is 4.90 Å². The molecule has 1 aliphatic rings. The van der Waals surface area contributed by atoms with Crippen molar-refractivity contribution in [3.8, 4) is 0 Å². The van der Waals surface area contributed by atoms with Crippen molar-refractivity contribution in [3.63, 3.8) is 0 Å². The molecule has 2 heterocycles. The first-order valence-electron chi connectivity index (χ1n) is 7.72. The van der Waals surface area contributed by atoms with Crippen LogP contribution in [0.1, 0.15) is 32.0 Å². The highest BCUT2D eigenvalue weighted by Gasteiger charge is 2.22. The van der Waals surface area contributed by atoms with Crippen molar-refractivity contribution in [1.29, 1.82) is 0 Å². The Morgan fingerprint density at radius 3 is 2.43 bits per heavy atom. The minimum Gasteiger partial charge on any atom is -0.450 e. The summed E-state index contributed by atoms with van der Waals surface area (Å²) in [7, 11) is 0. The van der Waals surface area contributed by atoms with Gasteiger partial charge in [-0.05, 0) is 32.4 Å². The molecule has 0 spiro atoms. The monoisotopic (exact) mass is 293 g/mol. The highest BCUT2D eigenvalue weighted by molar-refractivity contribution is 5.68. The first-order chi connectivity index (χ1) is 10.1. The first kappa shape index (κ1) is 17.3. The molecule has 1 saturated heterocycles. The van der Waals surface area contributed by atoms with Gasteiger partial charge in [0.2, 0.25) is 0 Å². The second-order valence-electron chi connectivity index (χ2n) is 4.71. The van der Waals surface area contributed by atoms with Crippen molar-refractivity contribution in [2.75, 3.05) is 37.7 Å². The summed E-state index contributed by atoms with van der Waals surface area (Å²) in [6.07, 6.45) is 1.64. The largest absolute Gasteiger partial charge is 0.450 e. The molecule has 0 aliphatic carbocycles. The number of rotatable bonds is 2. The molecule has 0 aromatic carbocycles. The lowest BCUT2D eigenvalue weighted by Gasteiger charge is -2.36. The molecule has 0 unspecified atom stereocenters. The third kappa shape index (κ3) is 4.34. The molecule has 0 atom stereocenters. The van der Waals surface area contributed by atoms with E-state index in [2.05, 4.69) is 16.8 Å². The summed E-state index contributed by atoms with van der Waals surface area (Å²) in [5, 5.41) is 0. The molecule has 5 nitrogen and oxygen atoms in total. The molecule has 118 valence electrons. The second-order valence-corrected chi connectivity index (χ2v) is 4.71. The highest BCUT2D eigenvalue weighted by atomic mass is 16.6. The van der Waals surface area contributed by atoms with Gasteiger partial charge < -0.3 is 14.5 Å². The number of carbonyl (C=O) groups is 1. The van der Waals surface area contributed by atoms with Gasteiger partial charge in [-0.2, -0.15) is 0 Å². The molecule has 0 bridgehead atoms. The van der Waals surface area contributed by atoms with E-state index in [1.165, 1.54) is 11.3 Å². The lowest BCUT2D eigenvalue weighted by molar-refractivity contribution is 0.105. The quantitative estimate of drug-likeness (QED) is 0.841. The van der Waals surface area contributed by atoms with Gasteiger partial charge in [0.1, 0.15) is 0 Å². The fraction of sp³-hybridized carbons (Fsp3) is 0.625. The zero-order valence-corrected chi connectivity index (χ0v) is 13.8. The number of anilines is 1. The van der Waals surface area contributed by atoms with Crippen molar-refractivity contribution in [3.05, 3.63) is 23.5 Å². The Kier molecular flexibility index (Phi) is 6.99. The maximum absolute atomic E-state index is 11.6. The predicted molar refractivity (Wildman–Crippen MR) is 85.9 cm³/mol. The summed E-state index contributed by atoms with van der Waals surface area (Å²) in [4.78, 5) is 20.0. The number of hydrogen-bond donors (Lipinski definition) is 0. The fourth-order valence-electron chi connectivity index (χ4n) is 2.31. The minimum absolute atomic E-state index is 0.204. The van der Waals surface area contributed by atoms with Crippen LogP contribution in [0, 0.1) is 13.8 Å². The summed E-state index contributed by atoms with van der Waals surface area (Å²) in [6.45, 7) is 13.5. The molecule has 1 amide bonds. The highest BCUT2D eigenvalue weighted by Crippen LogP contribution is 2.22. The number of aromatic nitrogens is 1. The van der Waals surface area contributed by atoms with Gasteiger partial charge in [0, 0.05) is 43.8 Å². The summed E-state index contributed by atoms with van der Waals surface area (Å²) in [5.74, 6) is 0. The van der Waals surface area contributed by atoms with Crippen molar-refractivity contribution in [2.45, 2.75) is 34.6 Å². The topological polar surface area (TPSA) is 45.7 Å². The normalized spacial score (nSPS) is 14.3. The van der Waals surface area contributed by atoms with Crippen LogP contribution in [0.15, 0.2) is 12.3 Å². The Hall–Kier alpha value is -1.78. The maximum Gasteiger partial charge on any atom is 0.409 e. The van der Waals surface area contributed by atoms with Gasteiger partial charge in [0.05, 0.1) is 6.61 Å². The van der Waals surface area contributed by atoms with Crippen molar-refractivity contribution in [2.24, 2.45) is 0 Å². The molecular weight excluding hydrogens is 266 g/mol. The van der Waals surface area contributed by atoms with Crippen LogP contribution in [0.2, 0.25) is 0 Å². The van der Waals surface area contributed by atoms with E-state index in [1.807, 2.05) is 40.0 Å². The number of nitrogens with zero attached hydrogens (tertiary/aromatic N) is 3. The van der Waals surface area contributed by atoms with E-state index in [-0.39, 0.29) is 6.09 Å². The summed E-state index contributed by atoms with van der Waals surface area (Å²) < 4.78 is 5.02. The van der Waals surface area contributed by atoms with Crippen LogP contribution >= 0.6 is 0 Å². The summed E-state index contributed by atoms with van der Waals surface area (Å²) >= 11 is 0. The third-order valence-electron chi connectivity index (χ3n) is 3.57. The molecule has 1 aliphatic heterocycles. The number of aryl methyl sites for hydroxylation is 1. The third-order valence-corrected chi connectivity index (χ3v) is 3.57. The molecule has 21 heavy (non-hydrogen) atoms.